The molecule has 1 amide bonds. The number of nitro benzene ring substituents is 1. The van der Waals surface area contributed by atoms with Crippen LogP contribution in [-0.4, -0.2) is 22.7 Å². The topological polar surface area (TPSA) is 128 Å². The predicted octanol–water partition coefficient (Wildman–Crippen LogP) is 1.77. The van der Waals surface area contributed by atoms with Gasteiger partial charge in [0.15, 0.2) is 5.78 Å². The monoisotopic (exact) mass is 284 g/mol. The summed E-state index contributed by atoms with van der Waals surface area (Å²) in [7, 11) is 0. The van der Waals surface area contributed by atoms with Crippen molar-refractivity contribution < 1.29 is 14.5 Å². The van der Waals surface area contributed by atoms with E-state index in [1.54, 1.807) is 0 Å². The van der Waals surface area contributed by atoms with E-state index in [0.29, 0.717) is 0 Å². The minimum absolute atomic E-state index is 0.0537. The van der Waals surface area contributed by atoms with Crippen molar-refractivity contribution in [1.29, 1.82) is 0 Å². The van der Waals surface area contributed by atoms with E-state index in [1.807, 2.05) is 0 Å². The number of azo groups is 1. The van der Waals surface area contributed by atoms with E-state index in [9.17, 15) is 19.7 Å². The van der Waals surface area contributed by atoms with Crippen LogP contribution in [0.1, 0.15) is 6.92 Å². The molecule has 0 heterocycles. The molecule has 19 heavy (non-hydrogen) atoms. The highest BCUT2D eigenvalue weighted by Crippen LogP contribution is 2.28. The Bertz CT molecular complexity index is 559. The number of primary amides is 1. The number of halogens is 1. The Balaban J connectivity index is 3.05. The Labute approximate surface area is 112 Å². The quantitative estimate of drug-likeness (QED) is 0.382. The minimum atomic E-state index is -1.41. The molecule has 8 nitrogen and oxygen atoms in total. The second-order valence-corrected chi connectivity index (χ2v) is 3.93. The zero-order valence-corrected chi connectivity index (χ0v) is 10.5. The fraction of sp³-hybridized carbons (Fsp3) is 0.200. The molecule has 100 valence electrons. The molecule has 0 aliphatic carbocycles. The van der Waals surface area contributed by atoms with E-state index >= 15 is 0 Å². The first-order chi connectivity index (χ1) is 8.82. The number of carbonyl (C=O) groups excluding carboxylic acids is 2. The zero-order valence-electron chi connectivity index (χ0n) is 9.74. The van der Waals surface area contributed by atoms with Crippen LogP contribution in [0.2, 0.25) is 5.02 Å². The molecule has 0 saturated carbocycles. The third-order valence-electron chi connectivity index (χ3n) is 2.07. The molecule has 1 rings (SSSR count). The number of rotatable bonds is 5. The van der Waals surface area contributed by atoms with Crippen LogP contribution < -0.4 is 5.73 Å². The number of hydrogen-bond acceptors (Lipinski definition) is 6. The van der Waals surface area contributed by atoms with Gasteiger partial charge in [-0.25, -0.2) is 0 Å². The highest BCUT2D eigenvalue weighted by molar-refractivity contribution is 6.32. The molecule has 0 aliphatic rings. The third-order valence-corrected chi connectivity index (χ3v) is 2.39. The molecular formula is C10H9ClN4O4. The maximum atomic E-state index is 11.1. The average Bonchev–Trinajstić information content (AvgIpc) is 2.30. The molecule has 0 bridgehead atoms. The van der Waals surface area contributed by atoms with Crippen molar-refractivity contribution in [1.82, 2.24) is 0 Å². The number of nitro groups is 1. The molecular weight excluding hydrogens is 276 g/mol. The van der Waals surface area contributed by atoms with Crippen molar-refractivity contribution in [3.05, 3.63) is 33.3 Å². The summed E-state index contributed by atoms with van der Waals surface area (Å²) in [6.07, 6.45) is 0. The summed E-state index contributed by atoms with van der Waals surface area (Å²) in [5.74, 6) is -1.51. The van der Waals surface area contributed by atoms with Crippen LogP contribution >= 0.6 is 11.6 Å². The lowest BCUT2D eigenvalue weighted by Crippen LogP contribution is -2.32. The van der Waals surface area contributed by atoms with Gasteiger partial charge in [0.25, 0.3) is 11.6 Å². The number of nitrogens with two attached hydrogens (primary N) is 1. The number of benzene rings is 1. The molecule has 2 N–H and O–H groups in total. The predicted molar refractivity (Wildman–Crippen MR) is 66.3 cm³/mol. The fourth-order valence-electron chi connectivity index (χ4n) is 1.17. The van der Waals surface area contributed by atoms with Crippen LogP contribution in [0.15, 0.2) is 28.4 Å². The lowest BCUT2D eigenvalue weighted by atomic mass is 10.2. The minimum Gasteiger partial charge on any atom is -0.367 e. The summed E-state index contributed by atoms with van der Waals surface area (Å²) in [5.41, 5.74) is 4.70. The number of amides is 1. The Morgan fingerprint density at radius 2 is 2.11 bits per heavy atom. The van der Waals surface area contributed by atoms with E-state index in [0.717, 1.165) is 13.0 Å². The molecule has 0 saturated heterocycles. The first-order valence-corrected chi connectivity index (χ1v) is 5.35. The van der Waals surface area contributed by atoms with Crippen molar-refractivity contribution in [3.8, 4) is 0 Å². The van der Waals surface area contributed by atoms with Gasteiger partial charge in [-0.3, -0.25) is 19.7 Å². The van der Waals surface area contributed by atoms with Crippen LogP contribution in [-0.2, 0) is 9.59 Å². The molecule has 9 heteroatoms. The second-order valence-electron chi connectivity index (χ2n) is 3.52. The van der Waals surface area contributed by atoms with E-state index in [1.165, 1.54) is 12.1 Å². The maximum Gasteiger partial charge on any atom is 0.290 e. The summed E-state index contributed by atoms with van der Waals surface area (Å²) in [6, 6.07) is 2.29. The Morgan fingerprint density at radius 1 is 1.47 bits per heavy atom. The van der Waals surface area contributed by atoms with Gasteiger partial charge in [-0.2, -0.15) is 10.2 Å². The van der Waals surface area contributed by atoms with E-state index in [2.05, 4.69) is 10.2 Å². The molecule has 0 aliphatic heterocycles. The highest BCUT2D eigenvalue weighted by atomic mass is 35.5. The second kappa shape index (κ2) is 6.01. The van der Waals surface area contributed by atoms with Gasteiger partial charge in [0, 0.05) is 6.07 Å². The highest BCUT2D eigenvalue weighted by Gasteiger charge is 2.20. The summed E-state index contributed by atoms with van der Waals surface area (Å²) in [6.45, 7) is 1.14. The third kappa shape index (κ3) is 3.81. The van der Waals surface area contributed by atoms with Crippen molar-refractivity contribution >= 4 is 34.7 Å². The summed E-state index contributed by atoms with van der Waals surface area (Å²) < 4.78 is 0. The molecule has 1 atom stereocenters. The van der Waals surface area contributed by atoms with Crippen LogP contribution in [0.3, 0.4) is 0 Å². The van der Waals surface area contributed by atoms with Gasteiger partial charge in [0.05, 0.1) is 10.6 Å². The van der Waals surface area contributed by atoms with Gasteiger partial charge in [0.1, 0.15) is 5.02 Å². The molecule has 1 unspecified atom stereocenters. The number of carbonyl (C=O) groups is 2. The van der Waals surface area contributed by atoms with Gasteiger partial charge in [-0.1, -0.05) is 11.6 Å². The number of Topliss-reactive ketones (excluding diaryl/α,β-unsaturated/α-hetero) is 1. The number of ketones is 1. The van der Waals surface area contributed by atoms with Gasteiger partial charge in [-0.05, 0) is 19.1 Å². The molecule has 0 spiro atoms. The van der Waals surface area contributed by atoms with Gasteiger partial charge in [0.2, 0.25) is 6.04 Å². The lowest BCUT2D eigenvalue weighted by molar-refractivity contribution is -0.384. The number of hydrogen-bond donors (Lipinski definition) is 1. The van der Waals surface area contributed by atoms with Crippen molar-refractivity contribution in [2.45, 2.75) is 13.0 Å². The van der Waals surface area contributed by atoms with Gasteiger partial charge >= 0.3 is 0 Å². The Hall–Kier alpha value is -2.35. The van der Waals surface area contributed by atoms with Gasteiger partial charge in [-0.15, -0.1) is 0 Å². The van der Waals surface area contributed by atoms with Crippen LogP contribution in [0.4, 0.5) is 11.4 Å². The smallest absolute Gasteiger partial charge is 0.290 e. The molecule has 0 fully saturated rings. The van der Waals surface area contributed by atoms with Crippen molar-refractivity contribution in [3.63, 3.8) is 0 Å². The Morgan fingerprint density at radius 3 is 2.58 bits per heavy atom. The first kappa shape index (κ1) is 14.7. The van der Waals surface area contributed by atoms with Crippen LogP contribution in [0, 0.1) is 10.1 Å². The van der Waals surface area contributed by atoms with Crippen LogP contribution in [0.5, 0.6) is 0 Å². The van der Waals surface area contributed by atoms with Gasteiger partial charge < -0.3 is 5.73 Å². The number of nitrogens with zero attached hydrogens (tertiary/aromatic N) is 3. The normalized spacial score (nSPS) is 12.3. The SMILES string of the molecule is CC(=O)C(N=Nc1ccc(Cl)c([N+](=O)[O-])c1)C(N)=O. The average molecular weight is 285 g/mol. The zero-order chi connectivity index (χ0) is 14.6. The Kier molecular flexibility index (Phi) is 4.65. The molecule has 1 aromatic carbocycles. The fourth-order valence-corrected chi connectivity index (χ4v) is 1.35. The van der Waals surface area contributed by atoms with E-state index in [-0.39, 0.29) is 16.4 Å². The summed E-state index contributed by atoms with van der Waals surface area (Å²) in [4.78, 5) is 31.9. The van der Waals surface area contributed by atoms with E-state index < -0.39 is 22.7 Å². The molecule has 1 aromatic rings. The largest absolute Gasteiger partial charge is 0.367 e. The standard InChI is InChI=1S/C10H9ClN4O4/c1-5(16)9(10(12)17)14-13-6-2-3-7(11)8(4-6)15(18)19/h2-4,9H,1H3,(H2,12,17). The van der Waals surface area contributed by atoms with Crippen molar-refractivity contribution in [2.24, 2.45) is 16.0 Å². The maximum absolute atomic E-state index is 11.1. The molecule has 0 aromatic heterocycles. The summed E-state index contributed by atoms with van der Waals surface area (Å²) in [5, 5.41) is 17.6. The van der Waals surface area contributed by atoms with E-state index in [4.69, 9.17) is 17.3 Å². The summed E-state index contributed by atoms with van der Waals surface area (Å²) >= 11 is 5.61. The van der Waals surface area contributed by atoms with Crippen LogP contribution in [0.25, 0.3) is 0 Å². The first-order valence-electron chi connectivity index (χ1n) is 4.97. The lowest BCUT2D eigenvalue weighted by Gasteiger charge is -2.01. The van der Waals surface area contributed by atoms with Crippen molar-refractivity contribution in [2.75, 3.05) is 0 Å². The molecule has 0 radical (unpaired) electrons.